The summed E-state index contributed by atoms with van der Waals surface area (Å²) in [5.41, 5.74) is 5.63. The Balaban J connectivity index is 2.46. The zero-order chi connectivity index (χ0) is 24.1. The molecule has 0 bridgehead atoms. The van der Waals surface area contributed by atoms with Crippen molar-refractivity contribution in [2.45, 2.75) is 38.3 Å². The smallest absolute Gasteiger partial charge is 0.338 e. The summed E-state index contributed by atoms with van der Waals surface area (Å²) in [6.07, 6.45) is 0.419. The van der Waals surface area contributed by atoms with Gasteiger partial charge in [0.05, 0.1) is 12.2 Å². The largest absolute Gasteiger partial charge is 0.480 e. The molecule has 0 aliphatic heterocycles. The fourth-order valence-electron chi connectivity index (χ4n) is 2.26. The molecule has 0 heterocycles. The molecule has 0 radical (unpaired) electrons. The minimum Gasteiger partial charge on any atom is -0.480 e. The molecular formula is C20H27N3O8S. The number of esters is 2. The Bertz CT molecular complexity index is 816. The Morgan fingerprint density at radius 1 is 1.16 bits per heavy atom. The van der Waals surface area contributed by atoms with E-state index >= 15 is 0 Å². The third kappa shape index (κ3) is 9.79. The third-order valence-corrected chi connectivity index (χ3v) is 4.36. The molecule has 0 saturated carbocycles. The van der Waals surface area contributed by atoms with E-state index in [9.17, 15) is 24.0 Å². The molecule has 12 heteroatoms. The van der Waals surface area contributed by atoms with Gasteiger partial charge in [-0.25, -0.2) is 9.59 Å². The topological polar surface area (TPSA) is 174 Å². The molecule has 1 aromatic rings. The van der Waals surface area contributed by atoms with Crippen LogP contribution in [0.15, 0.2) is 24.3 Å². The van der Waals surface area contributed by atoms with E-state index in [-0.39, 0.29) is 24.3 Å². The molecule has 0 saturated heterocycles. The molecule has 2 amide bonds. The molecule has 176 valence electrons. The molecule has 1 aromatic carbocycles. The van der Waals surface area contributed by atoms with Crippen LogP contribution in [0.25, 0.3) is 0 Å². The molecule has 0 aliphatic carbocycles. The normalized spacial score (nSPS) is 12.2. The molecule has 1 rings (SSSR count). The number of carbonyl (C=O) groups excluding carboxylic acids is 4. The predicted molar refractivity (Wildman–Crippen MR) is 116 cm³/mol. The SMILES string of the molecule is CCCOC(=O)c1ccc(OC(=O)CNC(=O)C(CS)NC(=O)CCC(N)C(=O)O)cc1. The third-order valence-electron chi connectivity index (χ3n) is 4.00. The summed E-state index contributed by atoms with van der Waals surface area (Å²) in [5.74, 6) is -3.60. The Labute approximate surface area is 190 Å². The number of hydrogen-bond acceptors (Lipinski definition) is 9. The van der Waals surface area contributed by atoms with Gasteiger partial charge in [-0.1, -0.05) is 6.92 Å². The molecular weight excluding hydrogens is 442 g/mol. The first-order valence-electron chi connectivity index (χ1n) is 9.82. The molecule has 2 unspecified atom stereocenters. The first kappa shape index (κ1) is 26.9. The van der Waals surface area contributed by atoms with Gasteiger partial charge >= 0.3 is 17.9 Å². The summed E-state index contributed by atoms with van der Waals surface area (Å²) < 4.78 is 10.1. The summed E-state index contributed by atoms with van der Waals surface area (Å²) >= 11 is 3.99. The van der Waals surface area contributed by atoms with Gasteiger partial charge in [0.1, 0.15) is 24.4 Å². The highest BCUT2D eigenvalue weighted by molar-refractivity contribution is 7.80. The van der Waals surface area contributed by atoms with Crippen LogP contribution < -0.4 is 21.1 Å². The standard InChI is InChI=1S/C20H27N3O8S/c1-2-9-30-20(29)12-3-5-13(6-4-12)31-17(25)10-22-18(26)15(11-32)23-16(24)8-7-14(21)19(27)28/h3-6,14-15,32H,2,7-11,21H2,1H3,(H,22,26)(H,23,24)(H,27,28). The molecule has 0 spiro atoms. The second-order valence-electron chi connectivity index (χ2n) is 6.64. The highest BCUT2D eigenvalue weighted by Gasteiger charge is 2.21. The zero-order valence-corrected chi connectivity index (χ0v) is 18.4. The number of carboxylic acids is 1. The molecule has 0 fully saturated rings. The Morgan fingerprint density at radius 3 is 2.38 bits per heavy atom. The number of rotatable bonds is 13. The summed E-state index contributed by atoms with van der Waals surface area (Å²) in [6, 6.07) is 3.51. The highest BCUT2D eigenvalue weighted by Crippen LogP contribution is 2.13. The average Bonchev–Trinajstić information content (AvgIpc) is 2.78. The van der Waals surface area contributed by atoms with E-state index in [1.54, 1.807) is 0 Å². The van der Waals surface area contributed by atoms with Crippen LogP contribution >= 0.6 is 12.6 Å². The van der Waals surface area contributed by atoms with Crippen LogP contribution in [0.2, 0.25) is 0 Å². The lowest BCUT2D eigenvalue weighted by Gasteiger charge is -2.16. The van der Waals surface area contributed by atoms with Gasteiger partial charge in [0.25, 0.3) is 0 Å². The number of nitrogens with one attached hydrogen (secondary N) is 2. The maximum Gasteiger partial charge on any atom is 0.338 e. The van der Waals surface area contributed by atoms with Crippen LogP contribution in [-0.2, 0) is 23.9 Å². The summed E-state index contributed by atoms with van der Waals surface area (Å²) in [5, 5.41) is 13.4. The van der Waals surface area contributed by atoms with Gasteiger partial charge < -0.3 is 30.9 Å². The maximum atomic E-state index is 12.2. The number of carbonyl (C=O) groups is 5. The summed E-state index contributed by atoms with van der Waals surface area (Å²) in [7, 11) is 0. The van der Waals surface area contributed by atoms with Gasteiger partial charge in [-0.2, -0.15) is 12.6 Å². The van der Waals surface area contributed by atoms with Gasteiger partial charge in [-0.3, -0.25) is 14.4 Å². The average molecular weight is 470 g/mol. The zero-order valence-electron chi connectivity index (χ0n) is 17.5. The van der Waals surface area contributed by atoms with Crippen molar-refractivity contribution in [1.82, 2.24) is 10.6 Å². The first-order chi connectivity index (χ1) is 15.2. The van der Waals surface area contributed by atoms with Crippen LogP contribution in [0.3, 0.4) is 0 Å². The van der Waals surface area contributed by atoms with Crippen LogP contribution in [0.5, 0.6) is 5.75 Å². The van der Waals surface area contributed by atoms with E-state index in [2.05, 4.69) is 23.3 Å². The van der Waals surface area contributed by atoms with Gasteiger partial charge in [-0.05, 0) is 37.1 Å². The second kappa shape index (κ2) is 14.0. The Kier molecular flexibility index (Phi) is 11.8. The number of thiol groups is 1. The minimum atomic E-state index is -1.23. The minimum absolute atomic E-state index is 0.0484. The van der Waals surface area contributed by atoms with Crippen molar-refractivity contribution in [1.29, 1.82) is 0 Å². The lowest BCUT2D eigenvalue weighted by molar-refractivity contribution is -0.139. The van der Waals surface area contributed by atoms with E-state index in [4.69, 9.17) is 20.3 Å². The van der Waals surface area contributed by atoms with Crippen molar-refractivity contribution in [2.75, 3.05) is 18.9 Å². The van der Waals surface area contributed by atoms with Crippen molar-refractivity contribution >= 4 is 42.4 Å². The van der Waals surface area contributed by atoms with Gasteiger partial charge in [-0.15, -0.1) is 0 Å². The van der Waals surface area contributed by atoms with Crippen LogP contribution in [-0.4, -0.2) is 65.8 Å². The number of aliphatic carboxylic acids is 1. The second-order valence-corrected chi connectivity index (χ2v) is 7.00. The van der Waals surface area contributed by atoms with Crippen molar-refractivity contribution in [2.24, 2.45) is 5.73 Å². The number of nitrogens with two attached hydrogens (primary N) is 1. The Morgan fingerprint density at radius 2 is 1.81 bits per heavy atom. The summed E-state index contributed by atoms with van der Waals surface area (Å²) in [4.78, 5) is 58.4. The van der Waals surface area contributed by atoms with Crippen LogP contribution in [0.1, 0.15) is 36.5 Å². The molecule has 11 nitrogen and oxygen atoms in total. The number of hydrogen-bond donors (Lipinski definition) is 5. The van der Waals surface area contributed by atoms with Gasteiger partial charge in [0.2, 0.25) is 11.8 Å². The van der Waals surface area contributed by atoms with E-state index < -0.39 is 48.4 Å². The quantitative estimate of drug-likeness (QED) is 0.150. The van der Waals surface area contributed by atoms with Crippen LogP contribution in [0, 0.1) is 0 Å². The number of amides is 2. The van der Waals surface area contributed by atoms with Gasteiger partial charge in [0, 0.05) is 12.2 Å². The van der Waals surface area contributed by atoms with E-state index in [0.29, 0.717) is 18.6 Å². The number of carboxylic acid groups (broad SMARTS) is 1. The predicted octanol–water partition coefficient (Wildman–Crippen LogP) is -0.118. The Hall–Kier alpha value is -3.12. The van der Waals surface area contributed by atoms with E-state index in [0.717, 1.165) is 0 Å². The fraction of sp³-hybridized carbons (Fsp3) is 0.450. The highest BCUT2D eigenvalue weighted by atomic mass is 32.1. The van der Waals surface area contributed by atoms with Crippen molar-refractivity contribution in [3.63, 3.8) is 0 Å². The summed E-state index contributed by atoms with van der Waals surface area (Å²) in [6.45, 7) is 1.71. The van der Waals surface area contributed by atoms with Crippen molar-refractivity contribution in [3.05, 3.63) is 29.8 Å². The molecule has 5 N–H and O–H groups in total. The van der Waals surface area contributed by atoms with Gasteiger partial charge in [0.15, 0.2) is 0 Å². The monoisotopic (exact) mass is 469 g/mol. The number of ether oxygens (including phenoxy) is 2. The molecule has 0 aliphatic rings. The van der Waals surface area contributed by atoms with Crippen molar-refractivity contribution in [3.8, 4) is 5.75 Å². The maximum absolute atomic E-state index is 12.2. The van der Waals surface area contributed by atoms with Crippen LogP contribution in [0.4, 0.5) is 0 Å². The van der Waals surface area contributed by atoms with E-state index in [1.165, 1.54) is 24.3 Å². The lowest BCUT2D eigenvalue weighted by atomic mass is 10.1. The number of benzene rings is 1. The molecule has 0 aromatic heterocycles. The van der Waals surface area contributed by atoms with E-state index in [1.807, 2.05) is 6.92 Å². The lowest BCUT2D eigenvalue weighted by Crippen LogP contribution is -2.49. The molecule has 2 atom stereocenters. The molecule has 32 heavy (non-hydrogen) atoms. The fourth-order valence-corrected chi connectivity index (χ4v) is 2.51. The van der Waals surface area contributed by atoms with Crippen molar-refractivity contribution < 1.29 is 38.6 Å². The first-order valence-corrected chi connectivity index (χ1v) is 10.4.